The fourth-order valence-corrected chi connectivity index (χ4v) is 3.68. The van der Waals surface area contributed by atoms with Gasteiger partial charge in [-0.15, -0.1) is 0 Å². The molecule has 6 nitrogen and oxygen atoms in total. The van der Waals surface area contributed by atoms with E-state index in [1.54, 1.807) is 0 Å². The molecule has 0 aromatic heterocycles. The van der Waals surface area contributed by atoms with Crippen molar-refractivity contribution in [3.05, 3.63) is 54.6 Å². The van der Waals surface area contributed by atoms with Crippen LogP contribution in [0.15, 0.2) is 54.6 Å². The summed E-state index contributed by atoms with van der Waals surface area (Å²) < 4.78 is 5.88. The molecule has 1 fully saturated rings. The maximum absolute atomic E-state index is 12.2. The van der Waals surface area contributed by atoms with Gasteiger partial charge in [0.15, 0.2) is 0 Å². The van der Waals surface area contributed by atoms with Gasteiger partial charge in [-0.2, -0.15) is 0 Å². The first-order valence-corrected chi connectivity index (χ1v) is 10.1. The number of nitrogens with zero attached hydrogens (tertiary/aromatic N) is 1. The normalized spacial score (nSPS) is 18.1. The second kappa shape index (κ2) is 10.1. The van der Waals surface area contributed by atoms with E-state index in [9.17, 15) is 9.59 Å². The highest BCUT2D eigenvalue weighted by molar-refractivity contribution is 5.76. The second-order valence-corrected chi connectivity index (χ2v) is 7.31. The zero-order valence-electron chi connectivity index (χ0n) is 16.7. The summed E-state index contributed by atoms with van der Waals surface area (Å²) >= 11 is 0. The predicted molar refractivity (Wildman–Crippen MR) is 112 cm³/mol. The van der Waals surface area contributed by atoms with E-state index in [-0.39, 0.29) is 31.0 Å². The molecular formula is C23H28N2O4. The zero-order valence-corrected chi connectivity index (χ0v) is 16.7. The topological polar surface area (TPSA) is 78.9 Å². The molecule has 0 bridgehead atoms. The van der Waals surface area contributed by atoms with Crippen molar-refractivity contribution in [2.45, 2.75) is 38.3 Å². The van der Waals surface area contributed by atoms with Gasteiger partial charge < -0.3 is 15.2 Å². The molecule has 29 heavy (non-hydrogen) atoms. The fourth-order valence-electron chi connectivity index (χ4n) is 3.68. The van der Waals surface area contributed by atoms with Crippen LogP contribution in [0.25, 0.3) is 11.1 Å². The van der Waals surface area contributed by atoms with E-state index in [1.807, 2.05) is 66.4 Å². The molecule has 154 valence electrons. The van der Waals surface area contributed by atoms with E-state index >= 15 is 0 Å². The monoisotopic (exact) mass is 396 g/mol. The number of nitrogens with one attached hydrogen (secondary N) is 1. The maximum atomic E-state index is 12.2. The summed E-state index contributed by atoms with van der Waals surface area (Å²) in [6.07, 6.45) is 1.88. The van der Waals surface area contributed by atoms with Gasteiger partial charge in [0.05, 0.1) is 19.6 Å². The fraction of sp³-hybridized carbons (Fsp3) is 0.391. The van der Waals surface area contributed by atoms with Crippen molar-refractivity contribution in [3.63, 3.8) is 0 Å². The molecule has 0 spiro atoms. The number of carbonyl (C=O) groups is 2. The Morgan fingerprint density at radius 3 is 2.48 bits per heavy atom. The number of rotatable bonds is 10. The minimum absolute atomic E-state index is 0.0353. The van der Waals surface area contributed by atoms with Gasteiger partial charge in [0, 0.05) is 17.6 Å². The molecule has 1 aliphatic carbocycles. The van der Waals surface area contributed by atoms with Crippen LogP contribution >= 0.6 is 0 Å². The van der Waals surface area contributed by atoms with Crippen molar-refractivity contribution < 1.29 is 19.4 Å². The number of likely N-dealkylation sites (N-methyl/N-ethyl adjacent to an activating group) is 1. The summed E-state index contributed by atoms with van der Waals surface area (Å²) in [4.78, 5) is 25.1. The molecule has 1 saturated carbocycles. The predicted octanol–water partition coefficient (Wildman–Crippen LogP) is 3.18. The van der Waals surface area contributed by atoms with Crippen LogP contribution in [-0.2, 0) is 9.59 Å². The third kappa shape index (κ3) is 5.81. The molecule has 2 aromatic rings. The van der Waals surface area contributed by atoms with Crippen molar-refractivity contribution in [3.8, 4) is 16.9 Å². The van der Waals surface area contributed by atoms with Crippen LogP contribution < -0.4 is 10.1 Å². The number of benzene rings is 2. The van der Waals surface area contributed by atoms with Crippen LogP contribution in [0.4, 0.5) is 0 Å². The van der Waals surface area contributed by atoms with Crippen LogP contribution in [-0.4, -0.2) is 53.7 Å². The quantitative estimate of drug-likeness (QED) is 0.645. The van der Waals surface area contributed by atoms with E-state index in [0.717, 1.165) is 29.7 Å². The summed E-state index contributed by atoms with van der Waals surface area (Å²) in [5.41, 5.74) is 2.09. The number of carboxylic acids is 1. The summed E-state index contributed by atoms with van der Waals surface area (Å²) in [6, 6.07) is 18.2. The van der Waals surface area contributed by atoms with Gasteiger partial charge in [0.25, 0.3) is 0 Å². The minimum Gasteiger partial charge on any atom is -0.492 e. The Bertz CT molecular complexity index is 819. The molecule has 0 heterocycles. The van der Waals surface area contributed by atoms with Gasteiger partial charge in [-0.1, -0.05) is 55.5 Å². The molecule has 3 rings (SSSR count). The first-order valence-electron chi connectivity index (χ1n) is 10.1. The van der Waals surface area contributed by atoms with Gasteiger partial charge in [-0.05, 0) is 31.0 Å². The summed E-state index contributed by atoms with van der Waals surface area (Å²) in [6.45, 7) is 3.02. The summed E-state index contributed by atoms with van der Waals surface area (Å²) in [7, 11) is 0. The Morgan fingerprint density at radius 1 is 1.10 bits per heavy atom. The van der Waals surface area contributed by atoms with Crippen molar-refractivity contribution in [2.24, 2.45) is 0 Å². The molecule has 0 atom stereocenters. The Morgan fingerprint density at radius 2 is 1.79 bits per heavy atom. The lowest BCUT2D eigenvalue weighted by Gasteiger charge is -2.42. The SMILES string of the molecule is CCN(CC(=O)O)C1CC(NC(=O)CCOc2ccccc2-c2ccccc2)C1. The molecule has 0 saturated heterocycles. The average molecular weight is 396 g/mol. The van der Waals surface area contributed by atoms with Gasteiger partial charge in [-0.3, -0.25) is 14.5 Å². The molecule has 2 N–H and O–H groups in total. The van der Waals surface area contributed by atoms with Crippen molar-refractivity contribution >= 4 is 11.9 Å². The highest BCUT2D eigenvalue weighted by Crippen LogP contribution is 2.29. The summed E-state index contributed by atoms with van der Waals surface area (Å²) in [5.74, 6) is -0.0818. The molecule has 2 aromatic carbocycles. The van der Waals surface area contributed by atoms with Crippen LogP contribution in [0.5, 0.6) is 5.75 Å². The van der Waals surface area contributed by atoms with Crippen LogP contribution in [0.3, 0.4) is 0 Å². The van der Waals surface area contributed by atoms with E-state index in [4.69, 9.17) is 9.84 Å². The lowest BCUT2D eigenvalue weighted by atomic mass is 9.85. The van der Waals surface area contributed by atoms with Gasteiger partial charge in [-0.25, -0.2) is 0 Å². The number of ether oxygens (including phenoxy) is 1. The van der Waals surface area contributed by atoms with Gasteiger partial charge in [0.1, 0.15) is 5.75 Å². The number of carboxylic acid groups (broad SMARTS) is 1. The van der Waals surface area contributed by atoms with E-state index in [2.05, 4.69) is 5.32 Å². The molecule has 0 unspecified atom stereocenters. The highest BCUT2D eigenvalue weighted by Gasteiger charge is 2.34. The molecule has 1 aliphatic rings. The number of para-hydroxylation sites is 1. The van der Waals surface area contributed by atoms with Crippen LogP contribution in [0.1, 0.15) is 26.2 Å². The molecule has 1 amide bonds. The lowest BCUT2D eigenvalue weighted by Crippen LogP contribution is -2.54. The third-order valence-corrected chi connectivity index (χ3v) is 5.30. The number of hydrogen-bond donors (Lipinski definition) is 2. The maximum Gasteiger partial charge on any atom is 0.317 e. The molecule has 0 aliphatic heterocycles. The number of aliphatic carboxylic acids is 1. The van der Waals surface area contributed by atoms with E-state index in [0.29, 0.717) is 13.2 Å². The van der Waals surface area contributed by atoms with Gasteiger partial charge in [0.2, 0.25) is 5.91 Å². The second-order valence-electron chi connectivity index (χ2n) is 7.31. The van der Waals surface area contributed by atoms with Gasteiger partial charge >= 0.3 is 5.97 Å². The zero-order chi connectivity index (χ0) is 20.6. The number of carbonyl (C=O) groups excluding carboxylic acids is 1. The largest absolute Gasteiger partial charge is 0.492 e. The smallest absolute Gasteiger partial charge is 0.317 e. The minimum atomic E-state index is -0.813. The van der Waals surface area contributed by atoms with E-state index < -0.39 is 5.97 Å². The van der Waals surface area contributed by atoms with Crippen LogP contribution in [0, 0.1) is 0 Å². The first-order chi connectivity index (χ1) is 14.1. The van der Waals surface area contributed by atoms with Crippen molar-refractivity contribution in [2.75, 3.05) is 19.7 Å². The van der Waals surface area contributed by atoms with Crippen LogP contribution in [0.2, 0.25) is 0 Å². The first kappa shape index (κ1) is 20.9. The summed E-state index contributed by atoms with van der Waals surface area (Å²) in [5, 5.41) is 12.0. The Hall–Kier alpha value is -2.86. The standard InChI is InChI=1S/C23H28N2O4/c1-2-25(16-23(27)28)19-14-18(15-19)24-22(26)12-13-29-21-11-7-6-10-20(21)17-8-4-3-5-9-17/h3-11,18-19H,2,12-16H2,1H3,(H,24,26)(H,27,28). The van der Waals surface area contributed by atoms with E-state index in [1.165, 1.54) is 0 Å². The molecular weight excluding hydrogens is 368 g/mol. The number of amides is 1. The van der Waals surface area contributed by atoms with Crippen molar-refractivity contribution in [1.29, 1.82) is 0 Å². The Labute approximate surface area is 171 Å². The Balaban J connectivity index is 1.42. The Kier molecular flexibility index (Phi) is 7.25. The lowest BCUT2D eigenvalue weighted by molar-refractivity contribution is -0.139. The third-order valence-electron chi connectivity index (χ3n) is 5.30. The molecule has 0 radical (unpaired) electrons. The molecule has 6 heteroatoms. The number of hydrogen-bond acceptors (Lipinski definition) is 4. The average Bonchev–Trinajstić information content (AvgIpc) is 2.70. The van der Waals surface area contributed by atoms with Crippen molar-refractivity contribution in [1.82, 2.24) is 10.2 Å². The highest BCUT2D eigenvalue weighted by atomic mass is 16.5.